The molecule has 0 radical (unpaired) electrons. The lowest BCUT2D eigenvalue weighted by molar-refractivity contribution is 0.407. The van der Waals surface area contributed by atoms with Crippen LogP contribution in [0.5, 0.6) is 5.75 Å². The molecule has 0 saturated heterocycles. The summed E-state index contributed by atoms with van der Waals surface area (Å²) >= 11 is 9.24. The average Bonchev–Trinajstić information content (AvgIpc) is 2.38. The number of ether oxygens (including phenoxy) is 1. The predicted octanol–water partition coefficient (Wildman–Crippen LogP) is 2.72. The van der Waals surface area contributed by atoms with E-state index in [1.54, 1.807) is 0 Å². The molecule has 2 aromatic rings. The zero-order valence-corrected chi connectivity index (χ0v) is 11.9. The minimum absolute atomic E-state index is 0.0459. The van der Waals surface area contributed by atoms with Gasteiger partial charge in [-0.3, -0.25) is 4.79 Å². The molecule has 1 heterocycles. The first-order valence-corrected chi connectivity index (χ1v) is 6.33. The summed E-state index contributed by atoms with van der Waals surface area (Å²) in [5, 5.41) is 4.06. The third-order valence-electron chi connectivity index (χ3n) is 2.42. The highest BCUT2D eigenvalue weighted by atomic mass is 79.9. The molecule has 1 aromatic carbocycles. The summed E-state index contributed by atoms with van der Waals surface area (Å²) in [6, 6.07) is 7.64. The lowest BCUT2D eigenvalue weighted by Crippen LogP contribution is -2.24. The van der Waals surface area contributed by atoms with Crippen LogP contribution < -0.4 is 10.3 Å². The Morgan fingerprint density at radius 1 is 1.39 bits per heavy atom. The molecule has 0 unspecified atom stereocenters. The maximum absolute atomic E-state index is 11.9. The van der Waals surface area contributed by atoms with Crippen molar-refractivity contribution in [2.45, 2.75) is 6.54 Å². The van der Waals surface area contributed by atoms with Gasteiger partial charge < -0.3 is 4.74 Å². The van der Waals surface area contributed by atoms with Crippen LogP contribution in [0, 0.1) is 0 Å². The molecule has 0 bridgehead atoms. The molecule has 1 aromatic heterocycles. The molecule has 0 N–H and O–H groups in total. The van der Waals surface area contributed by atoms with Crippen LogP contribution in [-0.4, -0.2) is 16.9 Å². The normalized spacial score (nSPS) is 10.4. The molecule has 4 nitrogen and oxygen atoms in total. The molecule has 0 amide bonds. The molecular weight excluding hydrogens is 320 g/mol. The molecule has 0 saturated carbocycles. The van der Waals surface area contributed by atoms with Crippen LogP contribution in [-0.2, 0) is 6.54 Å². The number of methoxy groups -OCH3 is 1. The molecule has 0 spiro atoms. The van der Waals surface area contributed by atoms with Crippen molar-refractivity contribution < 1.29 is 4.74 Å². The largest absolute Gasteiger partial charge is 0.493 e. The van der Waals surface area contributed by atoms with E-state index in [0.717, 1.165) is 10.0 Å². The van der Waals surface area contributed by atoms with Gasteiger partial charge in [-0.1, -0.05) is 39.7 Å². The van der Waals surface area contributed by atoms with Crippen LogP contribution in [0.3, 0.4) is 0 Å². The summed E-state index contributed by atoms with van der Waals surface area (Å²) in [6.07, 6.45) is 1.43. The zero-order valence-electron chi connectivity index (χ0n) is 9.56. The van der Waals surface area contributed by atoms with E-state index in [-0.39, 0.29) is 16.3 Å². The molecule has 0 aliphatic heterocycles. The number of hydrogen-bond donors (Lipinski definition) is 0. The summed E-state index contributed by atoms with van der Waals surface area (Å²) in [5.74, 6) is 0.286. The van der Waals surface area contributed by atoms with Gasteiger partial charge in [-0.15, -0.1) is 0 Å². The summed E-state index contributed by atoms with van der Waals surface area (Å²) in [6.45, 7) is 0.371. The Balaban J connectivity index is 2.33. The van der Waals surface area contributed by atoms with Gasteiger partial charge in [0.2, 0.25) is 0 Å². The smallest absolute Gasteiger partial charge is 0.289 e. The van der Waals surface area contributed by atoms with Crippen molar-refractivity contribution in [1.82, 2.24) is 9.78 Å². The van der Waals surface area contributed by atoms with Gasteiger partial charge in [0.15, 0.2) is 10.8 Å². The summed E-state index contributed by atoms with van der Waals surface area (Å²) in [4.78, 5) is 11.9. The van der Waals surface area contributed by atoms with E-state index in [4.69, 9.17) is 16.3 Å². The monoisotopic (exact) mass is 328 g/mol. The number of benzene rings is 1. The van der Waals surface area contributed by atoms with Crippen molar-refractivity contribution in [3.05, 3.63) is 55.9 Å². The molecule has 0 fully saturated rings. The maximum Gasteiger partial charge on any atom is 0.289 e. The van der Waals surface area contributed by atoms with Crippen molar-refractivity contribution in [3.8, 4) is 5.75 Å². The fourth-order valence-corrected chi connectivity index (χ4v) is 1.96. The van der Waals surface area contributed by atoms with Crippen LogP contribution >= 0.6 is 27.5 Å². The van der Waals surface area contributed by atoms with E-state index in [1.165, 1.54) is 18.0 Å². The van der Waals surface area contributed by atoms with E-state index in [2.05, 4.69) is 21.0 Å². The Bertz CT molecular complexity index is 610. The first kappa shape index (κ1) is 13.1. The molecule has 18 heavy (non-hydrogen) atoms. The second-order valence-corrected chi connectivity index (χ2v) is 4.91. The Kier molecular flexibility index (Phi) is 4.04. The Labute approximate surface area is 117 Å². The van der Waals surface area contributed by atoms with Gasteiger partial charge in [-0.05, 0) is 17.7 Å². The quantitative estimate of drug-likeness (QED) is 0.869. The molecule has 0 aliphatic rings. The highest BCUT2D eigenvalue weighted by Crippen LogP contribution is 2.17. The van der Waals surface area contributed by atoms with Crippen molar-refractivity contribution in [1.29, 1.82) is 0 Å². The number of halogens is 2. The lowest BCUT2D eigenvalue weighted by atomic mass is 10.2. The highest BCUT2D eigenvalue weighted by Gasteiger charge is 2.09. The fraction of sp³-hybridized carbons (Fsp3) is 0.167. The van der Waals surface area contributed by atoms with Gasteiger partial charge in [-0.2, -0.15) is 5.10 Å². The Morgan fingerprint density at radius 2 is 2.06 bits per heavy atom. The van der Waals surface area contributed by atoms with Crippen LogP contribution in [0.1, 0.15) is 5.56 Å². The Morgan fingerprint density at radius 3 is 2.67 bits per heavy atom. The number of aromatic nitrogens is 2. The third-order valence-corrected chi connectivity index (χ3v) is 3.30. The summed E-state index contributed by atoms with van der Waals surface area (Å²) < 4.78 is 7.22. The first-order chi connectivity index (χ1) is 8.61. The zero-order chi connectivity index (χ0) is 13.1. The van der Waals surface area contributed by atoms with Crippen molar-refractivity contribution >= 4 is 27.5 Å². The van der Waals surface area contributed by atoms with Gasteiger partial charge in [0.05, 0.1) is 19.9 Å². The first-order valence-electron chi connectivity index (χ1n) is 5.16. The van der Waals surface area contributed by atoms with Crippen molar-refractivity contribution in [2.75, 3.05) is 7.11 Å². The molecule has 0 aliphatic carbocycles. The Hall–Kier alpha value is -1.33. The fourth-order valence-electron chi connectivity index (χ4n) is 1.47. The molecule has 0 atom stereocenters. The number of nitrogens with zero attached hydrogens (tertiary/aromatic N) is 2. The predicted molar refractivity (Wildman–Crippen MR) is 73.3 cm³/mol. The highest BCUT2D eigenvalue weighted by molar-refractivity contribution is 9.10. The van der Waals surface area contributed by atoms with E-state index in [9.17, 15) is 4.79 Å². The van der Waals surface area contributed by atoms with E-state index in [0.29, 0.717) is 6.54 Å². The number of hydrogen-bond acceptors (Lipinski definition) is 3. The summed E-state index contributed by atoms with van der Waals surface area (Å²) in [5.41, 5.74) is 0.605. The van der Waals surface area contributed by atoms with Gasteiger partial charge in [0.25, 0.3) is 5.56 Å². The van der Waals surface area contributed by atoms with Crippen molar-refractivity contribution in [3.63, 3.8) is 0 Å². The molecular formula is C12H10BrClN2O2. The average molecular weight is 330 g/mol. The lowest BCUT2D eigenvalue weighted by Gasteiger charge is -2.07. The van der Waals surface area contributed by atoms with Crippen molar-refractivity contribution in [2.24, 2.45) is 0 Å². The van der Waals surface area contributed by atoms with Crippen LogP contribution in [0.4, 0.5) is 0 Å². The van der Waals surface area contributed by atoms with Gasteiger partial charge in [0.1, 0.15) is 0 Å². The standard InChI is InChI=1S/C12H10BrClN2O2/c1-18-10-6-15-16(12(17)11(10)14)7-8-2-4-9(13)5-3-8/h2-6H,7H2,1H3. The molecule has 6 heteroatoms. The minimum atomic E-state index is -0.362. The molecule has 2 rings (SSSR count). The number of rotatable bonds is 3. The van der Waals surface area contributed by atoms with Gasteiger partial charge >= 0.3 is 0 Å². The second-order valence-electron chi connectivity index (χ2n) is 3.62. The van der Waals surface area contributed by atoms with E-state index >= 15 is 0 Å². The SMILES string of the molecule is COc1cnn(Cc2ccc(Br)cc2)c(=O)c1Cl. The van der Waals surface area contributed by atoms with Crippen LogP contribution in [0.25, 0.3) is 0 Å². The third kappa shape index (κ3) is 2.73. The second kappa shape index (κ2) is 5.54. The topological polar surface area (TPSA) is 44.1 Å². The van der Waals surface area contributed by atoms with E-state index in [1.807, 2.05) is 24.3 Å². The van der Waals surface area contributed by atoms with Crippen LogP contribution in [0.2, 0.25) is 5.02 Å². The summed E-state index contributed by atoms with van der Waals surface area (Å²) in [7, 11) is 1.45. The molecule has 94 valence electrons. The van der Waals surface area contributed by atoms with E-state index < -0.39 is 0 Å². The van der Waals surface area contributed by atoms with Gasteiger partial charge in [-0.25, -0.2) is 4.68 Å². The van der Waals surface area contributed by atoms with Crippen LogP contribution in [0.15, 0.2) is 39.7 Å². The maximum atomic E-state index is 11.9. The minimum Gasteiger partial charge on any atom is -0.493 e. The van der Waals surface area contributed by atoms with Gasteiger partial charge in [0, 0.05) is 4.47 Å².